The molecule has 0 radical (unpaired) electrons. The summed E-state index contributed by atoms with van der Waals surface area (Å²) < 4.78 is 25.7. The molecule has 4 rings (SSSR count). The smallest absolute Gasteiger partial charge is 0.148 e. The van der Waals surface area contributed by atoms with Gasteiger partial charge in [-0.1, -0.05) is 35.3 Å². The molecule has 2 heterocycles. The largest absolute Gasteiger partial charge is 0.487 e. The zero-order chi connectivity index (χ0) is 17.4. The van der Waals surface area contributed by atoms with Gasteiger partial charge in [0, 0.05) is 24.2 Å². The zero-order valence-corrected chi connectivity index (χ0v) is 15.1. The standard InChI is InChI=1S/C19H18Cl2FNO2/c20-14-3-1-13(2-4-14)11-24-18-10-17(16(22)9-15(18)21)23-7-5-19(6-8-23)12-25-19/h1-4,9-10H,5-8,11-12H2. The first kappa shape index (κ1) is 17.0. The summed E-state index contributed by atoms with van der Waals surface area (Å²) in [5.41, 5.74) is 1.57. The second kappa shape index (κ2) is 6.67. The van der Waals surface area contributed by atoms with E-state index >= 15 is 0 Å². The Labute approximate surface area is 156 Å². The van der Waals surface area contributed by atoms with Gasteiger partial charge in [0.15, 0.2) is 0 Å². The van der Waals surface area contributed by atoms with Gasteiger partial charge in [0.05, 0.1) is 22.9 Å². The van der Waals surface area contributed by atoms with E-state index in [1.165, 1.54) is 6.07 Å². The molecule has 2 aromatic carbocycles. The number of anilines is 1. The van der Waals surface area contributed by atoms with Gasteiger partial charge in [-0.3, -0.25) is 0 Å². The Morgan fingerprint density at radius 1 is 1.12 bits per heavy atom. The normalized spacial score (nSPS) is 18.4. The van der Waals surface area contributed by atoms with Crippen LogP contribution in [0.3, 0.4) is 0 Å². The molecule has 0 aromatic heterocycles. The van der Waals surface area contributed by atoms with Crippen LogP contribution >= 0.6 is 23.2 Å². The van der Waals surface area contributed by atoms with Crippen LogP contribution in [0.1, 0.15) is 18.4 Å². The second-order valence-electron chi connectivity index (χ2n) is 6.61. The summed E-state index contributed by atoms with van der Waals surface area (Å²) in [6.07, 6.45) is 1.85. The monoisotopic (exact) mass is 381 g/mol. The fourth-order valence-electron chi connectivity index (χ4n) is 3.16. The fourth-order valence-corrected chi connectivity index (χ4v) is 3.49. The average molecular weight is 382 g/mol. The van der Waals surface area contributed by atoms with Crippen LogP contribution in [0.25, 0.3) is 0 Å². The lowest BCUT2D eigenvalue weighted by molar-refractivity contribution is 0.258. The summed E-state index contributed by atoms with van der Waals surface area (Å²) in [6.45, 7) is 2.72. The molecule has 0 bridgehead atoms. The molecule has 0 amide bonds. The lowest BCUT2D eigenvalue weighted by Crippen LogP contribution is -2.38. The summed E-state index contributed by atoms with van der Waals surface area (Å²) >= 11 is 12.0. The SMILES string of the molecule is Fc1cc(Cl)c(OCc2ccc(Cl)cc2)cc1N1CCC2(CC1)CO2. The Morgan fingerprint density at radius 3 is 2.44 bits per heavy atom. The van der Waals surface area contributed by atoms with Crippen molar-refractivity contribution in [1.29, 1.82) is 0 Å². The van der Waals surface area contributed by atoms with Gasteiger partial charge < -0.3 is 14.4 Å². The van der Waals surface area contributed by atoms with E-state index in [4.69, 9.17) is 32.7 Å². The van der Waals surface area contributed by atoms with Crippen LogP contribution in [0.5, 0.6) is 5.75 Å². The molecular weight excluding hydrogens is 364 g/mol. The van der Waals surface area contributed by atoms with Gasteiger partial charge >= 0.3 is 0 Å². The number of epoxide rings is 1. The summed E-state index contributed by atoms with van der Waals surface area (Å²) in [6, 6.07) is 10.4. The maximum absolute atomic E-state index is 14.4. The van der Waals surface area contributed by atoms with Crippen LogP contribution in [0, 0.1) is 5.82 Å². The number of ether oxygens (including phenoxy) is 2. The molecule has 1 spiro atoms. The molecule has 2 saturated heterocycles. The highest BCUT2D eigenvalue weighted by molar-refractivity contribution is 6.32. The molecular formula is C19H18Cl2FNO2. The summed E-state index contributed by atoms with van der Waals surface area (Å²) in [4.78, 5) is 2.04. The van der Waals surface area contributed by atoms with E-state index in [-0.39, 0.29) is 16.4 Å². The van der Waals surface area contributed by atoms with E-state index in [0.717, 1.165) is 38.1 Å². The molecule has 2 fully saturated rings. The Bertz CT molecular complexity index is 768. The molecule has 2 aromatic rings. The first-order chi connectivity index (χ1) is 12.0. The average Bonchev–Trinajstić information content (AvgIpc) is 3.36. The number of hydrogen-bond donors (Lipinski definition) is 0. The van der Waals surface area contributed by atoms with Gasteiger partial charge in [-0.25, -0.2) is 4.39 Å². The van der Waals surface area contributed by atoms with E-state index in [1.807, 2.05) is 29.2 Å². The summed E-state index contributed by atoms with van der Waals surface area (Å²) in [5, 5.41) is 0.947. The van der Waals surface area contributed by atoms with Gasteiger partial charge in [-0.15, -0.1) is 0 Å². The van der Waals surface area contributed by atoms with Crippen molar-refractivity contribution < 1.29 is 13.9 Å². The van der Waals surface area contributed by atoms with Gasteiger partial charge in [-0.05, 0) is 36.6 Å². The predicted octanol–water partition coefficient (Wildman–Crippen LogP) is 5.08. The van der Waals surface area contributed by atoms with Crippen LogP contribution in [0.4, 0.5) is 10.1 Å². The van der Waals surface area contributed by atoms with Crippen molar-refractivity contribution in [1.82, 2.24) is 0 Å². The number of benzene rings is 2. The molecule has 0 aliphatic carbocycles. The highest BCUT2D eigenvalue weighted by Crippen LogP contribution is 2.40. The molecule has 6 heteroatoms. The topological polar surface area (TPSA) is 25.0 Å². The number of piperidine rings is 1. The lowest BCUT2D eigenvalue weighted by Gasteiger charge is -2.32. The van der Waals surface area contributed by atoms with Crippen molar-refractivity contribution in [2.75, 3.05) is 24.6 Å². The third kappa shape index (κ3) is 3.71. The highest BCUT2D eigenvalue weighted by Gasteiger charge is 2.46. The maximum Gasteiger partial charge on any atom is 0.148 e. The van der Waals surface area contributed by atoms with Gasteiger partial charge in [-0.2, -0.15) is 0 Å². The van der Waals surface area contributed by atoms with Crippen molar-refractivity contribution in [3.8, 4) is 5.75 Å². The quantitative estimate of drug-likeness (QED) is 0.690. The van der Waals surface area contributed by atoms with Crippen LogP contribution < -0.4 is 9.64 Å². The van der Waals surface area contributed by atoms with Gasteiger partial charge in [0.2, 0.25) is 0 Å². The van der Waals surface area contributed by atoms with Crippen LogP contribution in [-0.2, 0) is 11.3 Å². The minimum Gasteiger partial charge on any atom is -0.487 e. The number of hydrogen-bond acceptors (Lipinski definition) is 3. The molecule has 0 N–H and O–H groups in total. The van der Waals surface area contributed by atoms with Crippen molar-refractivity contribution >= 4 is 28.9 Å². The van der Waals surface area contributed by atoms with Gasteiger partial charge in [0.1, 0.15) is 18.2 Å². The maximum atomic E-state index is 14.4. The molecule has 132 valence electrons. The molecule has 0 unspecified atom stereocenters. The Balaban J connectivity index is 1.49. The Morgan fingerprint density at radius 2 is 1.80 bits per heavy atom. The van der Waals surface area contributed by atoms with Crippen LogP contribution in [-0.4, -0.2) is 25.3 Å². The second-order valence-corrected chi connectivity index (χ2v) is 7.45. The number of rotatable bonds is 4. The van der Waals surface area contributed by atoms with Crippen molar-refractivity contribution in [3.63, 3.8) is 0 Å². The minimum absolute atomic E-state index is 0.0628. The van der Waals surface area contributed by atoms with Crippen molar-refractivity contribution in [3.05, 3.63) is 57.8 Å². The molecule has 0 saturated carbocycles. The minimum atomic E-state index is -0.323. The van der Waals surface area contributed by atoms with Gasteiger partial charge in [0.25, 0.3) is 0 Å². The molecule has 0 atom stereocenters. The van der Waals surface area contributed by atoms with E-state index in [2.05, 4.69) is 0 Å². The first-order valence-electron chi connectivity index (χ1n) is 8.30. The third-order valence-electron chi connectivity index (χ3n) is 4.88. The number of halogens is 3. The van der Waals surface area contributed by atoms with E-state index in [0.29, 0.717) is 23.1 Å². The Hall–Kier alpha value is -1.49. The van der Waals surface area contributed by atoms with E-state index in [9.17, 15) is 4.39 Å². The first-order valence-corrected chi connectivity index (χ1v) is 9.05. The van der Waals surface area contributed by atoms with Crippen molar-refractivity contribution in [2.24, 2.45) is 0 Å². The third-order valence-corrected chi connectivity index (χ3v) is 5.42. The molecule has 2 aliphatic heterocycles. The molecule has 2 aliphatic rings. The zero-order valence-electron chi connectivity index (χ0n) is 13.6. The summed E-state index contributed by atoms with van der Waals surface area (Å²) in [7, 11) is 0. The molecule has 25 heavy (non-hydrogen) atoms. The Kier molecular flexibility index (Phi) is 4.52. The summed E-state index contributed by atoms with van der Waals surface area (Å²) in [5.74, 6) is 0.160. The fraction of sp³-hybridized carbons (Fsp3) is 0.368. The van der Waals surface area contributed by atoms with E-state index < -0.39 is 0 Å². The lowest BCUT2D eigenvalue weighted by atomic mass is 9.97. The molecule has 3 nitrogen and oxygen atoms in total. The van der Waals surface area contributed by atoms with Crippen molar-refractivity contribution in [2.45, 2.75) is 25.0 Å². The highest BCUT2D eigenvalue weighted by atomic mass is 35.5. The predicted molar refractivity (Wildman–Crippen MR) is 97.3 cm³/mol. The van der Waals surface area contributed by atoms with E-state index in [1.54, 1.807) is 6.07 Å². The number of nitrogens with zero attached hydrogens (tertiary/aromatic N) is 1. The van der Waals surface area contributed by atoms with Crippen LogP contribution in [0.15, 0.2) is 36.4 Å². The van der Waals surface area contributed by atoms with Crippen LogP contribution in [0.2, 0.25) is 10.0 Å².